The van der Waals surface area contributed by atoms with Gasteiger partial charge in [0.15, 0.2) is 0 Å². The molecule has 0 spiro atoms. The van der Waals surface area contributed by atoms with Gasteiger partial charge in [-0.3, -0.25) is 0 Å². The van der Waals surface area contributed by atoms with Crippen LogP contribution in [0.1, 0.15) is 24.3 Å². The van der Waals surface area contributed by atoms with Gasteiger partial charge in [-0.1, -0.05) is 18.2 Å². The Morgan fingerprint density at radius 2 is 2.05 bits per heavy atom. The quantitative estimate of drug-likeness (QED) is 0.771. The first-order valence-electron chi connectivity index (χ1n) is 6.69. The summed E-state index contributed by atoms with van der Waals surface area (Å²) in [6, 6.07) is 14.2. The molecule has 1 atom stereocenters. The Morgan fingerprint density at radius 1 is 1.20 bits per heavy atom. The monoisotopic (exact) mass is 267 g/mol. The summed E-state index contributed by atoms with van der Waals surface area (Å²) in [6.07, 6.45) is 5.62. The minimum absolute atomic E-state index is 0.185. The molecular formula is C16H17N3O. The number of nitrogens with zero attached hydrogens (tertiary/aromatic N) is 2. The topological polar surface area (TPSA) is 43.0 Å². The fraction of sp³-hybridized carbons (Fsp3) is 0.188. The molecule has 3 aromatic rings. The third-order valence-corrected chi connectivity index (χ3v) is 3.24. The van der Waals surface area contributed by atoms with Gasteiger partial charge in [0.05, 0.1) is 24.2 Å². The maximum atomic E-state index is 5.37. The summed E-state index contributed by atoms with van der Waals surface area (Å²) in [5, 5.41) is 7.80. The third-order valence-electron chi connectivity index (χ3n) is 3.24. The predicted octanol–water partition coefficient (Wildman–Crippen LogP) is 3.32. The van der Waals surface area contributed by atoms with Crippen LogP contribution in [-0.4, -0.2) is 9.78 Å². The van der Waals surface area contributed by atoms with Crippen molar-refractivity contribution >= 4 is 0 Å². The number of furan rings is 1. The third kappa shape index (κ3) is 2.81. The minimum atomic E-state index is 0.185. The van der Waals surface area contributed by atoms with Crippen LogP contribution >= 0.6 is 0 Å². The minimum Gasteiger partial charge on any atom is -0.468 e. The molecule has 0 aliphatic rings. The maximum absolute atomic E-state index is 5.37. The Bertz CT molecular complexity index is 643. The van der Waals surface area contributed by atoms with Crippen LogP contribution in [0.5, 0.6) is 0 Å². The first kappa shape index (κ1) is 12.7. The Labute approximate surface area is 118 Å². The summed E-state index contributed by atoms with van der Waals surface area (Å²) in [5.41, 5.74) is 2.21. The van der Waals surface area contributed by atoms with Crippen LogP contribution in [0.4, 0.5) is 0 Å². The maximum Gasteiger partial charge on any atom is 0.120 e. The number of aromatic nitrogens is 2. The molecule has 0 aliphatic heterocycles. The zero-order valence-corrected chi connectivity index (χ0v) is 11.4. The zero-order chi connectivity index (χ0) is 13.8. The molecule has 102 valence electrons. The van der Waals surface area contributed by atoms with E-state index in [1.54, 1.807) is 6.26 Å². The number of para-hydroxylation sites is 1. The Balaban J connectivity index is 1.63. The number of benzene rings is 1. The van der Waals surface area contributed by atoms with Gasteiger partial charge in [-0.25, -0.2) is 4.68 Å². The molecule has 0 fully saturated rings. The lowest BCUT2D eigenvalue weighted by Crippen LogP contribution is -2.17. The normalized spacial score (nSPS) is 12.4. The predicted molar refractivity (Wildman–Crippen MR) is 77.5 cm³/mol. The smallest absolute Gasteiger partial charge is 0.120 e. The van der Waals surface area contributed by atoms with E-state index in [2.05, 4.69) is 17.3 Å². The summed E-state index contributed by atoms with van der Waals surface area (Å²) in [5.74, 6) is 0.945. The van der Waals surface area contributed by atoms with E-state index in [0.29, 0.717) is 0 Å². The van der Waals surface area contributed by atoms with Crippen molar-refractivity contribution in [1.82, 2.24) is 15.1 Å². The van der Waals surface area contributed by atoms with E-state index in [-0.39, 0.29) is 6.04 Å². The Kier molecular flexibility index (Phi) is 3.65. The zero-order valence-electron chi connectivity index (χ0n) is 11.4. The lowest BCUT2D eigenvalue weighted by atomic mass is 10.2. The lowest BCUT2D eigenvalue weighted by molar-refractivity contribution is 0.430. The number of hydrogen-bond donors (Lipinski definition) is 1. The molecule has 4 nitrogen and oxygen atoms in total. The highest BCUT2D eigenvalue weighted by molar-refractivity contribution is 5.30. The van der Waals surface area contributed by atoms with Crippen molar-refractivity contribution in [2.24, 2.45) is 0 Å². The van der Waals surface area contributed by atoms with Gasteiger partial charge in [0.1, 0.15) is 5.76 Å². The Hall–Kier alpha value is -2.33. The SMILES string of the molecule is CC(NCc1cnn(-c2ccccc2)c1)c1ccco1. The molecule has 1 unspecified atom stereocenters. The highest BCUT2D eigenvalue weighted by atomic mass is 16.3. The molecule has 1 aromatic carbocycles. The molecule has 0 bridgehead atoms. The van der Waals surface area contributed by atoms with Crippen LogP contribution in [0, 0.1) is 0 Å². The van der Waals surface area contributed by atoms with Crippen molar-refractivity contribution in [3.63, 3.8) is 0 Å². The first-order chi connectivity index (χ1) is 9.83. The highest BCUT2D eigenvalue weighted by Gasteiger charge is 2.08. The summed E-state index contributed by atoms with van der Waals surface area (Å²) in [6.45, 7) is 2.84. The van der Waals surface area contributed by atoms with Crippen LogP contribution in [0.25, 0.3) is 5.69 Å². The molecule has 2 heterocycles. The summed E-state index contributed by atoms with van der Waals surface area (Å²) < 4.78 is 7.26. The molecule has 0 saturated carbocycles. The summed E-state index contributed by atoms with van der Waals surface area (Å²) in [4.78, 5) is 0. The van der Waals surface area contributed by atoms with E-state index in [4.69, 9.17) is 4.42 Å². The van der Waals surface area contributed by atoms with Crippen molar-refractivity contribution in [2.75, 3.05) is 0 Å². The molecule has 0 amide bonds. The second-order valence-electron chi connectivity index (χ2n) is 4.75. The summed E-state index contributed by atoms with van der Waals surface area (Å²) in [7, 11) is 0. The van der Waals surface area contributed by atoms with Gasteiger partial charge in [-0.15, -0.1) is 0 Å². The lowest BCUT2D eigenvalue weighted by Gasteiger charge is -2.09. The van der Waals surface area contributed by atoms with E-state index < -0.39 is 0 Å². The van der Waals surface area contributed by atoms with E-state index in [1.807, 2.05) is 59.5 Å². The van der Waals surface area contributed by atoms with Gasteiger partial charge in [0, 0.05) is 18.3 Å². The van der Waals surface area contributed by atoms with E-state index in [1.165, 1.54) is 0 Å². The van der Waals surface area contributed by atoms with Crippen molar-refractivity contribution in [1.29, 1.82) is 0 Å². The summed E-state index contributed by atoms with van der Waals surface area (Å²) >= 11 is 0. The molecular weight excluding hydrogens is 250 g/mol. The van der Waals surface area contributed by atoms with Crippen molar-refractivity contribution in [2.45, 2.75) is 19.5 Å². The van der Waals surface area contributed by atoms with Gasteiger partial charge < -0.3 is 9.73 Å². The molecule has 2 aromatic heterocycles. The van der Waals surface area contributed by atoms with E-state index >= 15 is 0 Å². The van der Waals surface area contributed by atoms with Crippen LogP contribution < -0.4 is 5.32 Å². The van der Waals surface area contributed by atoms with Gasteiger partial charge in [0.2, 0.25) is 0 Å². The largest absolute Gasteiger partial charge is 0.468 e. The van der Waals surface area contributed by atoms with E-state index in [9.17, 15) is 0 Å². The first-order valence-corrected chi connectivity index (χ1v) is 6.69. The van der Waals surface area contributed by atoms with Gasteiger partial charge in [-0.2, -0.15) is 5.10 Å². The van der Waals surface area contributed by atoms with Crippen LogP contribution in [-0.2, 0) is 6.54 Å². The molecule has 0 aliphatic carbocycles. The number of nitrogens with one attached hydrogen (secondary N) is 1. The fourth-order valence-electron chi connectivity index (χ4n) is 2.08. The van der Waals surface area contributed by atoms with Crippen LogP contribution in [0.15, 0.2) is 65.5 Å². The molecule has 0 saturated heterocycles. The molecule has 20 heavy (non-hydrogen) atoms. The fourth-order valence-corrected chi connectivity index (χ4v) is 2.08. The van der Waals surface area contributed by atoms with Crippen molar-refractivity contribution in [3.05, 3.63) is 72.4 Å². The average molecular weight is 267 g/mol. The van der Waals surface area contributed by atoms with Crippen LogP contribution in [0.2, 0.25) is 0 Å². The Morgan fingerprint density at radius 3 is 2.80 bits per heavy atom. The van der Waals surface area contributed by atoms with Crippen molar-refractivity contribution in [3.8, 4) is 5.69 Å². The average Bonchev–Trinajstić information content (AvgIpc) is 3.17. The van der Waals surface area contributed by atoms with Gasteiger partial charge in [0.25, 0.3) is 0 Å². The second-order valence-corrected chi connectivity index (χ2v) is 4.75. The second kappa shape index (κ2) is 5.75. The number of rotatable bonds is 5. The molecule has 4 heteroatoms. The molecule has 0 radical (unpaired) electrons. The van der Waals surface area contributed by atoms with Gasteiger partial charge >= 0.3 is 0 Å². The number of hydrogen-bond acceptors (Lipinski definition) is 3. The molecule has 1 N–H and O–H groups in total. The van der Waals surface area contributed by atoms with E-state index in [0.717, 1.165) is 23.6 Å². The van der Waals surface area contributed by atoms with Crippen molar-refractivity contribution < 1.29 is 4.42 Å². The highest BCUT2D eigenvalue weighted by Crippen LogP contribution is 2.13. The molecule has 3 rings (SSSR count). The standard InChI is InChI=1S/C16H17N3O/c1-13(16-8-5-9-20-16)17-10-14-11-18-19(12-14)15-6-3-2-4-7-15/h2-9,11-13,17H,10H2,1H3. The van der Waals surface area contributed by atoms with Crippen LogP contribution in [0.3, 0.4) is 0 Å². The van der Waals surface area contributed by atoms with Gasteiger partial charge in [-0.05, 0) is 31.2 Å².